The van der Waals surface area contributed by atoms with Crippen LogP contribution in [0.1, 0.15) is 5.56 Å². The van der Waals surface area contributed by atoms with Gasteiger partial charge in [0.25, 0.3) is 0 Å². The predicted octanol–water partition coefficient (Wildman–Crippen LogP) is 0.802. The average Bonchev–Trinajstić information content (AvgIpc) is 2.22. The summed E-state index contributed by atoms with van der Waals surface area (Å²) in [4.78, 5) is 0. The van der Waals surface area contributed by atoms with E-state index in [1.54, 1.807) is 0 Å². The number of benzene rings is 1. The molecule has 0 aromatic heterocycles. The fraction of sp³-hybridized carbons (Fsp3) is 0. The molecule has 0 amide bonds. The lowest BCUT2D eigenvalue weighted by Gasteiger charge is -2.00. The van der Waals surface area contributed by atoms with E-state index in [0.29, 0.717) is 0 Å². The van der Waals surface area contributed by atoms with Gasteiger partial charge in [-0.25, -0.2) is 19.7 Å². The molecule has 0 unspecified atom stereocenters. The maximum absolute atomic E-state index is 13.0. The van der Waals surface area contributed by atoms with Crippen LogP contribution in [0.5, 0.6) is 0 Å². The highest BCUT2D eigenvalue weighted by molar-refractivity contribution is 5.82. The first kappa shape index (κ1) is 11.1. The van der Waals surface area contributed by atoms with Crippen LogP contribution in [0, 0.1) is 17.0 Å². The highest BCUT2D eigenvalue weighted by Gasteiger charge is 2.04. The van der Waals surface area contributed by atoms with E-state index in [0.717, 1.165) is 18.3 Å². The van der Waals surface area contributed by atoms with Crippen molar-refractivity contribution in [3.05, 3.63) is 35.4 Å². The molecule has 0 radical (unpaired) electrons. The van der Waals surface area contributed by atoms with Gasteiger partial charge >= 0.3 is 0 Å². The van der Waals surface area contributed by atoms with Crippen LogP contribution in [0.3, 0.4) is 0 Å². The first-order valence-corrected chi connectivity index (χ1v) is 3.87. The number of hydrogen-bond donors (Lipinski definition) is 4. The van der Waals surface area contributed by atoms with E-state index in [1.165, 1.54) is 11.5 Å². The molecule has 0 fully saturated rings. The molecule has 80 valence electrons. The summed E-state index contributed by atoms with van der Waals surface area (Å²) in [6.45, 7) is 0. The first-order chi connectivity index (χ1) is 7.15. The Bertz CT molecular complexity index is 374. The standard InChI is InChI=1S/C8H8F2N4O/c9-6-2-1-3-7(10)5(6)4-12-13-8(11)14-15/h1-4,15H,(H3,11,13,14)/b12-4+. The predicted molar refractivity (Wildman–Crippen MR) is 49.7 cm³/mol. The third-order valence-electron chi connectivity index (χ3n) is 1.48. The van der Waals surface area contributed by atoms with Crippen molar-refractivity contribution >= 4 is 12.2 Å². The summed E-state index contributed by atoms with van der Waals surface area (Å²) in [7, 11) is 0. The van der Waals surface area contributed by atoms with Gasteiger partial charge in [-0.1, -0.05) is 6.07 Å². The van der Waals surface area contributed by atoms with Gasteiger partial charge in [0.1, 0.15) is 11.6 Å². The lowest BCUT2D eigenvalue weighted by atomic mass is 10.2. The Hall–Kier alpha value is -2.02. The zero-order valence-corrected chi connectivity index (χ0v) is 7.46. The van der Waals surface area contributed by atoms with Gasteiger partial charge in [0.2, 0.25) is 5.96 Å². The third-order valence-corrected chi connectivity index (χ3v) is 1.48. The number of nitrogens with zero attached hydrogens (tertiary/aromatic N) is 1. The number of hydrogen-bond acceptors (Lipinski definition) is 3. The maximum atomic E-state index is 13.0. The van der Waals surface area contributed by atoms with Crippen molar-refractivity contribution in [3.8, 4) is 0 Å². The van der Waals surface area contributed by atoms with Crippen molar-refractivity contribution in [1.82, 2.24) is 10.9 Å². The Kier molecular flexibility index (Phi) is 3.69. The van der Waals surface area contributed by atoms with Gasteiger partial charge in [-0.2, -0.15) is 5.10 Å². The maximum Gasteiger partial charge on any atom is 0.233 e. The van der Waals surface area contributed by atoms with E-state index >= 15 is 0 Å². The zero-order valence-electron chi connectivity index (χ0n) is 7.46. The molecule has 0 atom stereocenters. The molecule has 1 rings (SSSR count). The fourth-order valence-electron chi connectivity index (χ4n) is 0.820. The molecule has 0 spiro atoms. The number of hydroxylamine groups is 1. The fourth-order valence-corrected chi connectivity index (χ4v) is 0.820. The van der Waals surface area contributed by atoms with Crippen LogP contribution in [-0.4, -0.2) is 17.4 Å². The molecule has 1 aromatic carbocycles. The summed E-state index contributed by atoms with van der Waals surface area (Å²) in [5.41, 5.74) is 3.12. The normalized spacial score (nSPS) is 10.3. The van der Waals surface area contributed by atoms with Crippen molar-refractivity contribution < 1.29 is 14.0 Å². The minimum absolute atomic E-state index is 0.323. The zero-order chi connectivity index (χ0) is 11.3. The molecule has 0 aliphatic rings. The largest absolute Gasteiger partial charge is 0.288 e. The lowest BCUT2D eigenvalue weighted by molar-refractivity contribution is 0.228. The topological polar surface area (TPSA) is 80.5 Å². The summed E-state index contributed by atoms with van der Waals surface area (Å²) < 4.78 is 26.0. The van der Waals surface area contributed by atoms with Crippen LogP contribution in [0.15, 0.2) is 23.3 Å². The van der Waals surface area contributed by atoms with Gasteiger partial charge in [0.15, 0.2) is 0 Å². The molecule has 5 nitrogen and oxygen atoms in total. The second-order valence-electron chi connectivity index (χ2n) is 2.49. The van der Waals surface area contributed by atoms with Crippen molar-refractivity contribution in [1.29, 1.82) is 5.41 Å². The number of halogens is 2. The molecule has 0 aliphatic heterocycles. The summed E-state index contributed by atoms with van der Waals surface area (Å²) >= 11 is 0. The molecule has 0 heterocycles. The Labute approximate surface area is 83.9 Å². The van der Waals surface area contributed by atoms with E-state index in [2.05, 4.69) is 5.10 Å². The monoisotopic (exact) mass is 214 g/mol. The first-order valence-electron chi connectivity index (χ1n) is 3.87. The third kappa shape index (κ3) is 2.99. The highest BCUT2D eigenvalue weighted by atomic mass is 19.1. The van der Waals surface area contributed by atoms with Crippen molar-refractivity contribution in [2.75, 3.05) is 0 Å². The SMILES string of the molecule is N=C(NO)N/N=C/c1c(F)cccc1F. The highest BCUT2D eigenvalue weighted by Crippen LogP contribution is 2.08. The van der Waals surface area contributed by atoms with E-state index in [4.69, 9.17) is 10.6 Å². The smallest absolute Gasteiger partial charge is 0.233 e. The summed E-state index contributed by atoms with van der Waals surface area (Å²) in [6, 6.07) is 3.40. The van der Waals surface area contributed by atoms with Gasteiger partial charge in [-0.3, -0.25) is 10.6 Å². The van der Waals surface area contributed by atoms with Gasteiger partial charge < -0.3 is 0 Å². The van der Waals surface area contributed by atoms with Crippen molar-refractivity contribution in [3.63, 3.8) is 0 Å². The molecule has 0 aliphatic carbocycles. The average molecular weight is 214 g/mol. The molecule has 0 bridgehead atoms. The van der Waals surface area contributed by atoms with E-state index in [-0.39, 0.29) is 5.56 Å². The quantitative estimate of drug-likeness (QED) is 0.334. The van der Waals surface area contributed by atoms with Crippen LogP contribution < -0.4 is 10.9 Å². The molecule has 1 aromatic rings. The molecule has 15 heavy (non-hydrogen) atoms. The summed E-state index contributed by atoms with van der Waals surface area (Å²) in [5.74, 6) is -2.03. The van der Waals surface area contributed by atoms with Gasteiger partial charge in [0.05, 0.1) is 11.8 Å². The van der Waals surface area contributed by atoms with Crippen LogP contribution in [0.4, 0.5) is 8.78 Å². The summed E-state index contributed by atoms with van der Waals surface area (Å²) in [6.07, 6.45) is 0.872. The molecule has 0 saturated heterocycles. The molecule has 4 N–H and O–H groups in total. The second-order valence-corrected chi connectivity index (χ2v) is 2.49. The number of guanidine groups is 1. The molecular formula is C8H8F2N4O. The van der Waals surface area contributed by atoms with E-state index in [1.807, 2.05) is 5.43 Å². The number of rotatable bonds is 2. The van der Waals surface area contributed by atoms with Crippen LogP contribution in [0.2, 0.25) is 0 Å². The molecule has 7 heteroatoms. The lowest BCUT2D eigenvalue weighted by Crippen LogP contribution is -2.30. The van der Waals surface area contributed by atoms with Gasteiger partial charge in [-0.15, -0.1) is 0 Å². The van der Waals surface area contributed by atoms with E-state index < -0.39 is 17.6 Å². The van der Waals surface area contributed by atoms with Gasteiger partial charge in [0, 0.05) is 0 Å². The minimum atomic E-state index is -0.760. The minimum Gasteiger partial charge on any atom is -0.288 e. The molecule has 0 saturated carbocycles. The Morgan fingerprint density at radius 3 is 2.53 bits per heavy atom. The van der Waals surface area contributed by atoms with E-state index in [9.17, 15) is 8.78 Å². The van der Waals surface area contributed by atoms with Crippen LogP contribution in [0.25, 0.3) is 0 Å². The Balaban J connectivity index is 2.76. The van der Waals surface area contributed by atoms with Crippen LogP contribution in [-0.2, 0) is 0 Å². The Morgan fingerprint density at radius 1 is 1.40 bits per heavy atom. The number of hydrazone groups is 1. The van der Waals surface area contributed by atoms with Crippen molar-refractivity contribution in [2.45, 2.75) is 0 Å². The number of nitrogens with one attached hydrogen (secondary N) is 3. The Morgan fingerprint density at radius 2 is 2.00 bits per heavy atom. The van der Waals surface area contributed by atoms with Crippen LogP contribution >= 0.6 is 0 Å². The molecular weight excluding hydrogens is 206 g/mol. The van der Waals surface area contributed by atoms with Gasteiger partial charge in [-0.05, 0) is 12.1 Å². The van der Waals surface area contributed by atoms with Crippen molar-refractivity contribution in [2.24, 2.45) is 5.10 Å². The summed E-state index contributed by atoms with van der Waals surface area (Å²) in [5, 5.41) is 18.4. The second kappa shape index (κ2) is 5.01.